The Balaban J connectivity index is 2.03. The van der Waals surface area contributed by atoms with Crippen molar-refractivity contribution in [3.63, 3.8) is 0 Å². The molecular formula is C22H32ClN6O2+. The fraction of sp³-hybridized carbons (Fsp3) is 0.455. The number of allylic oxidation sites excluding steroid dienone is 3. The Labute approximate surface area is 188 Å². The van der Waals surface area contributed by atoms with Gasteiger partial charge in [-0.25, -0.2) is 9.78 Å². The molecule has 0 radical (unpaired) electrons. The Morgan fingerprint density at radius 2 is 2.03 bits per heavy atom. The number of halogens is 1. The zero-order chi connectivity index (χ0) is 23.0. The van der Waals surface area contributed by atoms with Crippen LogP contribution in [-0.2, 0) is 7.05 Å². The predicted molar refractivity (Wildman–Crippen MR) is 124 cm³/mol. The first-order valence-corrected chi connectivity index (χ1v) is 10.8. The summed E-state index contributed by atoms with van der Waals surface area (Å²) in [6, 6.07) is 0. The summed E-state index contributed by atoms with van der Waals surface area (Å²) < 4.78 is 1.45. The third-order valence-corrected chi connectivity index (χ3v) is 5.47. The van der Waals surface area contributed by atoms with Crippen molar-refractivity contribution in [2.45, 2.75) is 33.1 Å². The molecule has 2 heterocycles. The number of hydrogen-bond acceptors (Lipinski definition) is 5. The standard InChI is InChI=1S/C22H31ClN6O2/c1-6-7-10-17(24-4)16(3)26-15(2)11-12-25-20(30)19-18(27-22(23)28(19)5)21(31)29-13-8-9-14-29/h6-7,10,24H,3,8-9,11-14H2,1-2,4-5H3,(H,25,30)/p+1. The largest absolute Gasteiger partial charge is 0.386 e. The number of carbonyl (C=O) groups excluding carboxylic acids is 2. The van der Waals surface area contributed by atoms with E-state index in [-0.39, 0.29) is 28.5 Å². The lowest BCUT2D eigenvalue weighted by atomic mass is 10.2. The molecule has 1 aromatic rings. The number of hydrogen-bond donors (Lipinski definition) is 3. The van der Waals surface area contributed by atoms with Gasteiger partial charge in [-0.15, -0.1) is 0 Å². The normalized spacial score (nSPS) is 15.5. The summed E-state index contributed by atoms with van der Waals surface area (Å²) in [4.78, 5) is 35.1. The highest BCUT2D eigenvalue weighted by Crippen LogP contribution is 2.15. The van der Waals surface area contributed by atoms with Gasteiger partial charge in [-0.2, -0.15) is 0 Å². The van der Waals surface area contributed by atoms with Gasteiger partial charge in [-0.05, 0) is 31.5 Å². The molecule has 0 spiro atoms. The maximum absolute atomic E-state index is 12.8. The molecule has 1 aromatic heterocycles. The van der Waals surface area contributed by atoms with E-state index in [1.54, 1.807) is 7.05 Å². The number of carbonyl (C=O) groups is 2. The monoisotopic (exact) mass is 447 g/mol. The van der Waals surface area contributed by atoms with Crippen LogP contribution in [0.4, 0.5) is 0 Å². The molecule has 9 heteroatoms. The van der Waals surface area contributed by atoms with Crippen molar-refractivity contribution in [1.29, 1.82) is 0 Å². The highest BCUT2D eigenvalue weighted by atomic mass is 35.5. The van der Waals surface area contributed by atoms with Gasteiger partial charge in [-0.3, -0.25) is 14.7 Å². The summed E-state index contributed by atoms with van der Waals surface area (Å²) in [5, 5.41) is 6.03. The van der Waals surface area contributed by atoms with E-state index in [2.05, 4.69) is 27.2 Å². The van der Waals surface area contributed by atoms with Crippen molar-refractivity contribution in [2.24, 2.45) is 12.0 Å². The van der Waals surface area contributed by atoms with Crippen LogP contribution < -0.4 is 15.5 Å². The molecule has 1 aliphatic heterocycles. The SMILES string of the molecule is C=C(N=C(C)CCNC(=O)c1c(C(=O)[NH+]2CCCC2)nc(Cl)n1C)C(=CC=CC)NC. The van der Waals surface area contributed by atoms with E-state index in [0.29, 0.717) is 18.7 Å². The van der Waals surface area contributed by atoms with E-state index in [9.17, 15) is 9.59 Å². The van der Waals surface area contributed by atoms with E-state index in [1.165, 1.54) is 4.57 Å². The number of nitrogens with zero attached hydrogens (tertiary/aromatic N) is 3. The fourth-order valence-corrected chi connectivity index (χ4v) is 3.56. The molecule has 31 heavy (non-hydrogen) atoms. The third-order valence-electron chi connectivity index (χ3n) is 5.13. The van der Waals surface area contributed by atoms with Crippen LogP contribution >= 0.6 is 11.6 Å². The van der Waals surface area contributed by atoms with Crippen LogP contribution in [0.2, 0.25) is 5.28 Å². The van der Waals surface area contributed by atoms with Crippen molar-refractivity contribution in [3.05, 3.63) is 52.9 Å². The van der Waals surface area contributed by atoms with Crippen LogP contribution in [0.15, 0.2) is 41.2 Å². The van der Waals surface area contributed by atoms with Crippen molar-refractivity contribution in [2.75, 3.05) is 26.7 Å². The van der Waals surface area contributed by atoms with E-state index >= 15 is 0 Å². The van der Waals surface area contributed by atoms with Crippen molar-refractivity contribution < 1.29 is 14.5 Å². The van der Waals surface area contributed by atoms with Gasteiger partial charge in [0.1, 0.15) is 5.69 Å². The van der Waals surface area contributed by atoms with Crippen LogP contribution in [0.25, 0.3) is 0 Å². The number of aliphatic imine (C=N–C) groups is 1. The van der Waals surface area contributed by atoms with Crippen LogP contribution in [0.1, 0.15) is 54.1 Å². The number of likely N-dealkylation sites (N-methyl/N-ethyl adjacent to an activating group) is 1. The number of aromatic nitrogens is 2. The van der Waals surface area contributed by atoms with E-state index < -0.39 is 0 Å². The second-order valence-corrected chi connectivity index (χ2v) is 7.77. The molecule has 0 atom stereocenters. The lowest BCUT2D eigenvalue weighted by Crippen LogP contribution is -3.12. The molecule has 3 N–H and O–H groups in total. The number of nitrogens with one attached hydrogen (secondary N) is 3. The lowest BCUT2D eigenvalue weighted by Gasteiger charge is -2.11. The van der Waals surface area contributed by atoms with Crippen LogP contribution in [-0.4, -0.2) is 53.8 Å². The Morgan fingerprint density at radius 1 is 1.35 bits per heavy atom. The summed E-state index contributed by atoms with van der Waals surface area (Å²) in [5.41, 5.74) is 2.59. The molecular weight excluding hydrogens is 416 g/mol. The van der Waals surface area contributed by atoms with Gasteiger partial charge in [0, 0.05) is 45.6 Å². The Kier molecular flexibility index (Phi) is 9.21. The molecule has 0 aromatic carbocycles. The maximum atomic E-state index is 12.8. The predicted octanol–water partition coefficient (Wildman–Crippen LogP) is 1.67. The number of imidazole rings is 1. The average Bonchev–Trinajstić information content (AvgIpc) is 3.37. The summed E-state index contributed by atoms with van der Waals surface area (Å²) in [6.45, 7) is 9.68. The lowest BCUT2D eigenvalue weighted by molar-refractivity contribution is -0.799. The minimum atomic E-state index is -0.376. The van der Waals surface area contributed by atoms with Gasteiger partial charge in [0.2, 0.25) is 5.28 Å². The summed E-state index contributed by atoms with van der Waals surface area (Å²) in [7, 11) is 3.45. The zero-order valence-corrected chi connectivity index (χ0v) is 19.5. The molecule has 0 bridgehead atoms. The molecule has 8 nitrogen and oxygen atoms in total. The highest BCUT2D eigenvalue weighted by molar-refractivity contribution is 6.29. The van der Waals surface area contributed by atoms with Crippen LogP contribution in [0, 0.1) is 0 Å². The number of quaternary nitrogens is 1. The fourth-order valence-electron chi connectivity index (χ4n) is 3.39. The smallest absolute Gasteiger partial charge is 0.365 e. The quantitative estimate of drug-likeness (QED) is 0.396. The molecule has 0 unspecified atom stereocenters. The van der Waals surface area contributed by atoms with Crippen LogP contribution in [0.3, 0.4) is 0 Å². The zero-order valence-electron chi connectivity index (χ0n) is 18.7. The van der Waals surface area contributed by atoms with Crippen molar-refractivity contribution >= 4 is 29.1 Å². The molecule has 1 aliphatic rings. The Bertz CT molecular complexity index is 923. The number of rotatable bonds is 9. The Morgan fingerprint density at radius 3 is 2.65 bits per heavy atom. The van der Waals surface area contributed by atoms with Crippen molar-refractivity contribution in [3.8, 4) is 0 Å². The van der Waals surface area contributed by atoms with Gasteiger partial charge >= 0.3 is 5.91 Å². The second kappa shape index (κ2) is 11.6. The van der Waals surface area contributed by atoms with E-state index in [4.69, 9.17) is 11.6 Å². The molecule has 1 fully saturated rings. The summed E-state index contributed by atoms with van der Waals surface area (Å²) in [5.74, 6) is -0.550. The van der Waals surface area contributed by atoms with Crippen molar-refractivity contribution in [1.82, 2.24) is 20.2 Å². The molecule has 0 aliphatic carbocycles. The van der Waals surface area contributed by atoms with Gasteiger partial charge in [0.15, 0.2) is 5.69 Å². The first-order chi connectivity index (χ1) is 14.8. The van der Waals surface area contributed by atoms with Crippen LogP contribution in [0.5, 0.6) is 0 Å². The van der Waals surface area contributed by atoms with Gasteiger partial charge in [-0.1, -0.05) is 18.7 Å². The molecule has 0 saturated carbocycles. The first-order valence-electron chi connectivity index (χ1n) is 10.4. The Hall–Kier alpha value is -2.71. The minimum Gasteiger partial charge on any atom is -0.386 e. The average molecular weight is 448 g/mol. The third kappa shape index (κ3) is 6.38. The summed E-state index contributed by atoms with van der Waals surface area (Å²) in [6.07, 6.45) is 8.25. The second-order valence-electron chi connectivity index (χ2n) is 7.43. The highest BCUT2D eigenvalue weighted by Gasteiger charge is 2.33. The molecule has 168 valence electrons. The molecule has 1 saturated heterocycles. The summed E-state index contributed by atoms with van der Waals surface area (Å²) >= 11 is 6.12. The van der Waals surface area contributed by atoms with E-state index in [1.807, 2.05) is 39.1 Å². The van der Waals surface area contributed by atoms with Gasteiger partial charge in [0.25, 0.3) is 5.91 Å². The number of amides is 2. The van der Waals surface area contributed by atoms with Gasteiger partial charge < -0.3 is 15.2 Å². The minimum absolute atomic E-state index is 0.119. The maximum Gasteiger partial charge on any atom is 0.365 e. The molecule has 2 amide bonds. The topological polar surface area (TPSA) is 92.8 Å². The van der Waals surface area contributed by atoms with E-state index in [0.717, 1.165) is 42.2 Å². The molecule has 2 rings (SSSR count). The number of likely N-dealkylation sites (tertiary alicyclic amines) is 1. The first kappa shape index (κ1) is 24.6. The van der Waals surface area contributed by atoms with Gasteiger partial charge in [0.05, 0.1) is 24.5 Å².